The highest BCUT2D eigenvalue weighted by Gasteiger charge is 2.37. The van der Waals surface area contributed by atoms with Crippen molar-refractivity contribution in [3.05, 3.63) is 94.8 Å². The first-order chi connectivity index (χ1) is 19.4. The number of aryl methyl sites for hydroxylation is 1. The van der Waals surface area contributed by atoms with E-state index in [1.54, 1.807) is 48.4 Å². The Morgan fingerprint density at radius 3 is 2.39 bits per heavy atom. The SMILES string of the molecule is Cc1cc(N2CCC(c3ccc(OC(F)(F)F)cc3)CC2)c(C(F)(F)F)cc1CNC(=O)c1cnn2ccccc12. The summed E-state index contributed by atoms with van der Waals surface area (Å²) in [7, 11) is 0. The van der Waals surface area contributed by atoms with E-state index in [0.29, 0.717) is 48.1 Å². The molecule has 0 atom stereocenters. The minimum atomic E-state index is -4.78. The van der Waals surface area contributed by atoms with Gasteiger partial charge in [-0.15, -0.1) is 13.2 Å². The molecule has 1 saturated heterocycles. The topological polar surface area (TPSA) is 58.9 Å². The van der Waals surface area contributed by atoms with Gasteiger partial charge >= 0.3 is 12.5 Å². The van der Waals surface area contributed by atoms with Crippen LogP contribution in [0.1, 0.15) is 51.4 Å². The number of benzene rings is 2. The predicted octanol–water partition coefficient (Wildman–Crippen LogP) is 6.87. The summed E-state index contributed by atoms with van der Waals surface area (Å²) in [5.41, 5.74) is 1.96. The maximum absolute atomic E-state index is 14.2. The number of hydrogen-bond acceptors (Lipinski definition) is 4. The molecule has 216 valence electrons. The van der Waals surface area contributed by atoms with Crippen LogP contribution >= 0.6 is 0 Å². The van der Waals surface area contributed by atoms with Gasteiger partial charge in [0.1, 0.15) is 5.75 Å². The molecule has 0 bridgehead atoms. The molecule has 41 heavy (non-hydrogen) atoms. The lowest BCUT2D eigenvalue weighted by Gasteiger charge is -2.35. The van der Waals surface area contributed by atoms with Gasteiger partial charge in [0.05, 0.1) is 22.8 Å². The number of ether oxygens (including phenoxy) is 1. The third-order valence-corrected chi connectivity index (χ3v) is 7.29. The summed E-state index contributed by atoms with van der Waals surface area (Å²) in [5, 5.41) is 6.83. The fourth-order valence-corrected chi connectivity index (χ4v) is 5.19. The van der Waals surface area contributed by atoms with E-state index in [2.05, 4.69) is 15.2 Å². The lowest BCUT2D eigenvalue weighted by atomic mass is 9.88. The number of anilines is 1. The van der Waals surface area contributed by atoms with Gasteiger partial charge in [-0.05, 0) is 78.8 Å². The second kappa shape index (κ2) is 11.0. The highest BCUT2D eigenvalue weighted by molar-refractivity contribution is 6.00. The molecular weight excluding hydrogens is 550 g/mol. The van der Waals surface area contributed by atoms with Crippen molar-refractivity contribution in [2.24, 2.45) is 0 Å². The zero-order chi connectivity index (χ0) is 29.4. The number of nitrogens with one attached hydrogen (secondary N) is 1. The van der Waals surface area contributed by atoms with E-state index >= 15 is 0 Å². The maximum Gasteiger partial charge on any atom is 0.573 e. The summed E-state index contributed by atoms with van der Waals surface area (Å²) < 4.78 is 85.3. The Kier molecular flexibility index (Phi) is 7.58. The zero-order valence-electron chi connectivity index (χ0n) is 21.9. The molecule has 2 aromatic heterocycles. The molecule has 0 radical (unpaired) electrons. The quantitative estimate of drug-likeness (QED) is 0.255. The Morgan fingerprint density at radius 1 is 1.02 bits per heavy atom. The summed E-state index contributed by atoms with van der Waals surface area (Å²) in [4.78, 5) is 14.5. The van der Waals surface area contributed by atoms with Gasteiger partial charge in [-0.3, -0.25) is 4.79 Å². The summed E-state index contributed by atoms with van der Waals surface area (Å²) in [6, 6.07) is 13.5. The smallest absolute Gasteiger partial charge is 0.406 e. The molecule has 0 aliphatic carbocycles. The van der Waals surface area contributed by atoms with E-state index in [0.717, 1.165) is 11.6 Å². The molecule has 1 aliphatic rings. The number of carbonyl (C=O) groups excluding carboxylic acids is 1. The van der Waals surface area contributed by atoms with Crippen LogP contribution in [0.5, 0.6) is 5.75 Å². The third kappa shape index (κ3) is 6.41. The van der Waals surface area contributed by atoms with Crippen molar-refractivity contribution in [2.75, 3.05) is 18.0 Å². The van der Waals surface area contributed by atoms with Crippen LogP contribution in [0.4, 0.5) is 32.0 Å². The van der Waals surface area contributed by atoms with Gasteiger partial charge in [-0.1, -0.05) is 18.2 Å². The number of alkyl halides is 6. The lowest BCUT2D eigenvalue weighted by Crippen LogP contribution is -2.34. The molecular formula is C29H26F6N4O2. The van der Waals surface area contributed by atoms with Crippen LogP contribution < -0.4 is 15.0 Å². The summed E-state index contributed by atoms with van der Waals surface area (Å²) in [5.74, 6) is -0.765. The van der Waals surface area contributed by atoms with Gasteiger partial charge in [-0.2, -0.15) is 18.3 Å². The summed E-state index contributed by atoms with van der Waals surface area (Å²) in [6.45, 7) is 2.31. The van der Waals surface area contributed by atoms with Crippen molar-refractivity contribution in [2.45, 2.75) is 44.8 Å². The third-order valence-electron chi connectivity index (χ3n) is 7.29. The van der Waals surface area contributed by atoms with Gasteiger partial charge < -0.3 is 15.0 Å². The minimum Gasteiger partial charge on any atom is -0.406 e. The van der Waals surface area contributed by atoms with Crippen molar-refractivity contribution < 1.29 is 35.9 Å². The zero-order valence-corrected chi connectivity index (χ0v) is 21.9. The van der Waals surface area contributed by atoms with Gasteiger partial charge in [0.2, 0.25) is 0 Å². The molecule has 3 heterocycles. The standard InChI is InChI=1S/C29H26F6N4O2/c1-18-14-26(38-12-9-20(10-13-38)19-5-7-22(8-6-19)41-29(33,34)35)24(28(30,31)32)15-21(18)16-36-27(40)23-17-37-39-11-3-2-4-25(23)39/h2-8,11,14-15,17,20H,9-10,12-13,16H2,1H3,(H,36,40). The molecule has 1 amide bonds. The molecule has 1 N–H and O–H groups in total. The fraction of sp³-hybridized carbons (Fsp3) is 0.310. The maximum atomic E-state index is 14.2. The number of fused-ring (bicyclic) bond motifs is 1. The van der Waals surface area contributed by atoms with Crippen LogP contribution in [0.15, 0.2) is 67.0 Å². The second-order valence-corrected chi connectivity index (χ2v) is 9.94. The molecule has 2 aromatic carbocycles. The number of pyridine rings is 1. The Balaban J connectivity index is 1.28. The molecule has 6 nitrogen and oxygen atoms in total. The average Bonchev–Trinajstić information content (AvgIpc) is 3.35. The van der Waals surface area contributed by atoms with Crippen LogP contribution in [0, 0.1) is 6.92 Å². The fourth-order valence-electron chi connectivity index (χ4n) is 5.19. The number of halogens is 6. The van der Waals surface area contributed by atoms with Crippen LogP contribution in [0.3, 0.4) is 0 Å². The first-order valence-electron chi connectivity index (χ1n) is 12.9. The molecule has 0 spiro atoms. The van der Waals surface area contributed by atoms with Crippen LogP contribution in [-0.2, 0) is 12.7 Å². The van der Waals surface area contributed by atoms with E-state index in [4.69, 9.17) is 0 Å². The van der Waals surface area contributed by atoms with Crippen molar-refractivity contribution >= 4 is 17.1 Å². The number of aromatic nitrogens is 2. The molecule has 1 aliphatic heterocycles. The Morgan fingerprint density at radius 2 is 1.73 bits per heavy atom. The Hall–Kier alpha value is -4.22. The monoisotopic (exact) mass is 576 g/mol. The number of nitrogens with zero attached hydrogens (tertiary/aromatic N) is 3. The number of piperidine rings is 1. The molecule has 0 unspecified atom stereocenters. The normalized spacial score (nSPS) is 14.9. The number of hydrogen-bond donors (Lipinski definition) is 1. The highest BCUT2D eigenvalue weighted by Crippen LogP contribution is 2.41. The van der Waals surface area contributed by atoms with Crippen molar-refractivity contribution in [1.29, 1.82) is 0 Å². The largest absolute Gasteiger partial charge is 0.573 e. The van der Waals surface area contributed by atoms with E-state index in [1.165, 1.54) is 28.9 Å². The van der Waals surface area contributed by atoms with Gasteiger partial charge in [0, 0.05) is 31.5 Å². The molecule has 5 rings (SSSR count). The highest BCUT2D eigenvalue weighted by atomic mass is 19.4. The first kappa shape index (κ1) is 28.3. The number of amides is 1. The van der Waals surface area contributed by atoms with E-state index in [1.807, 2.05) is 0 Å². The van der Waals surface area contributed by atoms with Crippen molar-refractivity contribution in [3.8, 4) is 5.75 Å². The number of rotatable bonds is 6. The minimum absolute atomic E-state index is 0.00368. The Bertz CT molecular complexity index is 1540. The predicted molar refractivity (Wildman–Crippen MR) is 140 cm³/mol. The lowest BCUT2D eigenvalue weighted by molar-refractivity contribution is -0.274. The van der Waals surface area contributed by atoms with Crippen LogP contribution in [0.25, 0.3) is 5.52 Å². The van der Waals surface area contributed by atoms with Crippen molar-refractivity contribution in [3.63, 3.8) is 0 Å². The van der Waals surface area contributed by atoms with Gasteiger partial charge in [0.15, 0.2) is 0 Å². The van der Waals surface area contributed by atoms with E-state index in [-0.39, 0.29) is 23.9 Å². The summed E-state index contributed by atoms with van der Waals surface area (Å²) >= 11 is 0. The summed E-state index contributed by atoms with van der Waals surface area (Å²) in [6.07, 6.45) is -5.22. The number of carbonyl (C=O) groups is 1. The van der Waals surface area contributed by atoms with Gasteiger partial charge in [0.25, 0.3) is 5.91 Å². The van der Waals surface area contributed by atoms with E-state index < -0.39 is 24.0 Å². The molecule has 1 fully saturated rings. The van der Waals surface area contributed by atoms with Crippen LogP contribution in [0.2, 0.25) is 0 Å². The first-order valence-corrected chi connectivity index (χ1v) is 12.9. The van der Waals surface area contributed by atoms with Crippen LogP contribution in [-0.4, -0.2) is 35.0 Å². The molecule has 4 aromatic rings. The van der Waals surface area contributed by atoms with E-state index in [9.17, 15) is 31.1 Å². The molecule has 12 heteroatoms. The van der Waals surface area contributed by atoms with Crippen molar-refractivity contribution in [1.82, 2.24) is 14.9 Å². The van der Waals surface area contributed by atoms with Gasteiger partial charge in [-0.25, -0.2) is 4.52 Å². The Labute approximate surface area is 231 Å². The molecule has 0 saturated carbocycles. The second-order valence-electron chi connectivity index (χ2n) is 9.94. The average molecular weight is 577 g/mol.